The van der Waals surface area contributed by atoms with E-state index in [-0.39, 0.29) is 0 Å². The summed E-state index contributed by atoms with van der Waals surface area (Å²) in [5.74, 6) is 1.41. The van der Waals surface area contributed by atoms with Crippen LogP contribution < -0.4 is 5.43 Å². The molecule has 3 aromatic rings. The highest BCUT2D eigenvalue weighted by molar-refractivity contribution is 5.65. The number of benzene rings is 2. The Balaban J connectivity index is 1.65. The molecular formula is C21H22N4. The molecule has 3 rings (SSSR count). The van der Waals surface area contributed by atoms with E-state index in [0.717, 1.165) is 24.1 Å². The second-order valence-electron chi connectivity index (χ2n) is 5.85. The summed E-state index contributed by atoms with van der Waals surface area (Å²) in [5, 5.41) is 4.29. The Morgan fingerprint density at radius 2 is 1.68 bits per heavy atom. The number of aromatic nitrogens is 2. The first-order valence-corrected chi connectivity index (χ1v) is 8.51. The van der Waals surface area contributed by atoms with Gasteiger partial charge in [-0.15, -0.1) is 0 Å². The molecule has 1 N–H and O–H groups in total. The van der Waals surface area contributed by atoms with Gasteiger partial charge in [-0.25, -0.2) is 9.97 Å². The van der Waals surface area contributed by atoms with E-state index in [1.807, 2.05) is 49.5 Å². The fourth-order valence-electron chi connectivity index (χ4n) is 2.56. The van der Waals surface area contributed by atoms with E-state index in [2.05, 4.69) is 51.7 Å². The van der Waals surface area contributed by atoms with Crippen molar-refractivity contribution in [1.82, 2.24) is 9.97 Å². The number of hydrazone groups is 1. The van der Waals surface area contributed by atoms with Gasteiger partial charge in [0.05, 0.1) is 5.69 Å². The highest BCUT2D eigenvalue weighted by atomic mass is 15.3. The topological polar surface area (TPSA) is 50.2 Å². The minimum Gasteiger partial charge on any atom is -0.262 e. The van der Waals surface area contributed by atoms with Gasteiger partial charge in [0.25, 0.3) is 0 Å². The zero-order valence-electron chi connectivity index (χ0n) is 14.6. The molecule has 4 nitrogen and oxygen atoms in total. The van der Waals surface area contributed by atoms with E-state index in [1.165, 1.54) is 11.1 Å². The first-order valence-electron chi connectivity index (χ1n) is 8.51. The summed E-state index contributed by atoms with van der Waals surface area (Å²) in [7, 11) is 0. The number of aryl methyl sites for hydroxylation is 2. The monoisotopic (exact) mass is 330 g/mol. The molecule has 0 fully saturated rings. The van der Waals surface area contributed by atoms with Crippen LogP contribution in [0.4, 0.5) is 5.82 Å². The lowest BCUT2D eigenvalue weighted by Crippen LogP contribution is -1.99. The van der Waals surface area contributed by atoms with Gasteiger partial charge in [-0.3, -0.25) is 5.43 Å². The van der Waals surface area contributed by atoms with Crippen molar-refractivity contribution in [3.63, 3.8) is 0 Å². The van der Waals surface area contributed by atoms with Crippen LogP contribution in [0.5, 0.6) is 0 Å². The largest absolute Gasteiger partial charge is 0.262 e. The predicted octanol–water partition coefficient (Wildman–Crippen LogP) is 4.65. The Morgan fingerprint density at radius 3 is 2.40 bits per heavy atom. The SMILES string of the molecule is CCc1ccc(CC=NNc2cc(-c3ccccc3)nc(C)n2)cc1. The average Bonchev–Trinajstić information content (AvgIpc) is 2.66. The lowest BCUT2D eigenvalue weighted by molar-refractivity contribution is 1.05. The summed E-state index contributed by atoms with van der Waals surface area (Å²) in [6.45, 7) is 4.05. The molecule has 1 aromatic heterocycles. The second-order valence-corrected chi connectivity index (χ2v) is 5.85. The van der Waals surface area contributed by atoms with E-state index in [9.17, 15) is 0 Å². The van der Waals surface area contributed by atoms with Gasteiger partial charge in [0, 0.05) is 24.3 Å². The van der Waals surface area contributed by atoms with Gasteiger partial charge in [-0.2, -0.15) is 5.10 Å². The third kappa shape index (κ3) is 4.73. The van der Waals surface area contributed by atoms with E-state index >= 15 is 0 Å². The maximum absolute atomic E-state index is 4.49. The van der Waals surface area contributed by atoms with Crippen molar-refractivity contribution < 1.29 is 0 Å². The molecular weight excluding hydrogens is 308 g/mol. The molecule has 4 heteroatoms. The van der Waals surface area contributed by atoms with Crippen LogP contribution in [0.1, 0.15) is 23.9 Å². The maximum atomic E-state index is 4.49. The third-order valence-corrected chi connectivity index (χ3v) is 3.94. The standard InChI is InChI=1S/C21H22N4/c1-3-17-9-11-18(12-10-17)13-14-22-25-21-15-20(23-16(2)24-21)19-7-5-4-6-8-19/h4-12,14-15H,3,13H2,1-2H3,(H,23,24,25). The Hall–Kier alpha value is -3.01. The van der Waals surface area contributed by atoms with Crippen molar-refractivity contribution in [3.8, 4) is 11.3 Å². The van der Waals surface area contributed by atoms with Gasteiger partial charge in [0.2, 0.25) is 0 Å². The molecule has 0 radical (unpaired) electrons. The zero-order valence-corrected chi connectivity index (χ0v) is 14.6. The molecule has 0 unspecified atom stereocenters. The average molecular weight is 330 g/mol. The molecule has 0 saturated heterocycles. The quantitative estimate of drug-likeness (QED) is 0.528. The Labute approximate surface area is 148 Å². The van der Waals surface area contributed by atoms with Crippen LogP contribution in [0, 0.1) is 6.92 Å². The molecule has 0 aliphatic rings. The van der Waals surface area contributed by atoms with Crippen LogP contribution in [0.25, 0.3) is 11.3 Å². The fourth-order valence-corrected chi connectivity index (χ4v) is 2.56. The number of nitrogens with one attached hydrogen (secondary N) is 1. The maximum Gasteiger partial charge on any atom is 0.150 e. The summed E-state index contributed by atoms with van der Waals surface area (Å²) in [6, 6.07) is 20.6. The second kappa shape index (κ2) is 8.20. The lowest BCUT2D eigenvalue weighted by atomic mass is 10.1. The minimum absolute atomic E-state index is 0.698. The van der Waals surface area contributed by atoms with Gasteiger partial charge < -0.3 is 0 Å². The first-order chi connectivity index (χ1) is 12.2. The van der Waals surface area contributed by atoms with Gasteiger partial charge in [0.15, 0.2) is 0 Å². The molecule has 0 aliphatic carbocycles. The van der Waals surface area contributed by atoms with Crippen LogP contribution in [-0.4, -0.2) is 16.2 Å². The van der Waals surface area contributed by atoms with Crippen LogP contribution in [0.15, 0.2) is 65.8 Å². The molecule has 0 saturated carbocycles. The summed E-state index contributed by atoms with van der Waals surface area (Å²) in [4.78, 5) is 8.88. The summed E-state index contributed by atoms with van der Waals surface area (Å²) in [6.07, 6.45) is 3.71. The Bertz CT molecular complexity index is 840. The number of hydrogen-bond acceptors (Lipinski definition) is 4. The van der Waals surface area contributed by atoms with Crippen molar-refractivity contribution in [2.45, 2.75) is 26.7 Å². The Kier molecular flexibility index (Phi) is 5.52. The summed E-state index contributed by atoms with van der Waals surface area (Å²) in [5.41, 5.74) is 7.56. The van der Waals surface area contributed by atoms with E-state index in [4.69, 9.17) is 0 Å². The summed E-state index contributed by atoms with van der Waals surface area (Å²) >= 11 is 0. The lowest BCUT2D eigenvalue weighted by Gasteiger charge is -2.05. The van der Waals surface area contributed by atoms with Crippen LogP contribution in [0.2, 0.25) is 0 Å². The van der Waals surface area contributed by atoms with Gasteiger partial charge in [0.1, 0.15) is 11.6 Å². The van der Waals surface area contributed by atoms with Crippen LogP contribution in [-0.2, 0) is 12.8 Å². The number of hydrogen-bond donors (Lipinski definition) is 1. The molecule has 0 atom stereocenters. The smallest absolute Gasteiger partial charge is 0.150 e. The number of rotatable bonds is 6. The zero-order chi connectivity index (χ0) is 17.5. The highest BCUT2D eigenvalue weighted by Crippen LogP contribution is 2.19. The van der Waals surface area contributed by atoms with Crippen molar-refractivity contribution in [1.29, 1.82) is 0 Å². The molecule has 1 heterocycles. The molecule has 126 valence electrons. The molecule has 0 bridgehead atoms. The molecule has 0 spiro atoms. The predicted molar refractivity (Wildman–Crippen MR) is 104 cm³/mol. The number of anilines is 1. The summed E-state index contributed by atoms with van der Waals surface area (Å²) < 4.78 is 0. The molecule has 0 amide bonds. The highest BCUT2D eigenvalue weighted by Gasteiger charge is 2.03. The van der Waals surface area contributed by atoms with E-state index in [0.29, 0.717) is 11.6 Å². The fraction of sp³-hybridized carbons (Fsp3) is 0.190. The third-order valence-electron chi connectivity index (χ3n) is 3.94. The van der Waals surface area contributed by atoms with Crippen LogP contribution in [0.3, 0.4) is 0 Å². The van der Waals surface area contributed by atoms with E-state index in [1.54, 1.807) is 0 Å². The van der Waals surface area contributed by atoms with Crippen molar-refractivity contribution in [3.05, 3.63) is 77.6 Å². The molecule has 25 heavy (non-hydrogen) atoms. The first kappa shape index (κ1) is 16.8. The van der Waals surface area contributed by atoms with Crippen molar-refractivity contribution in [2.75, 3.05) is 5.43 Å². The van der Waals surface area contributed by atoms with Gasteiger partial charge in [-0.1, -0.05) is 61.5 Å². The van der Waals surface area contributed by atoms with Gasteiger partial charge >= 0.3 is 0 Å². The van der Waals surface area contributed by atoms with Gasteiger partial charge in [-0.05, 0) is 24.5 Å². The normalized spacial score (nSPS) is 11.0. The van der Waals surface area contributed by atoms with E-state index < -0.39 is 0 Å². The van der Waals surface area contributed by atoms with Crippen LogP contribution >= 0.6 is 0 Å². The van der Waals surface area contributed by atoms with Crippen molar-refractivity contribution >= 4 is 12.0 Å². The Morgan fingerprint density at radius 1 is 0.960 bits per heavy atom. The minimum atomic E-state index is 0.698. The molecule has 2 aromatic carbocycles. The van der Waals surface area contributed by atoms with Crippen molar-refractivity contribution in [2.24, 2.45) is 5.10 Å². The molecule has 0 aliphatic heterocycles. The number of nitrogens with zero attached hydrogens (tertiary/aromatic N) is 3.